The average Bonchev–Trinajstić information content (AvgIpc) is 2.49. The number of nitrogens with two attached hydrogens (primary N) is 1. The van der Waals surface area contributed by atoms with E-state index in [2.05, 4.69) is 18.0 Å². The Morgan fingerprint density at radius 3 is 2.67 bits per heavy atom. The maximum absolute atomic E-state index is 6.50. The van der Waals surface area contributed by atoms with E-state index in [0.717, 1.165) is 29.4 Å². The third-order valence-electron chi connectivity index (χ3n) is 3.81. The molecule has 0 bridgehead atoms. The molecule has 1 heterocycles. The molecule has 1 saturated heterocycles. The Kier molecular flexibility index (Phi) is 6.21. The molecule has 1 aromatic carbocycles. The molecule has 1 aliphatic rings. The van der Waals surface area contributed by atoms with Crippen LogP contribution in [0.5, 0.6) is 11.5 Å². The van der Waals surface area contributed by atoms with Crippen LogP contribution in [-0.2, 0) is 0 Å². The van der Waals surface area contributed by atoms with Crippen molar-refractivity contribution in [1.82, 2.24) is 4.90 Å². The summed E-state index contributed by atoms with van der Waals surface area (Å²) in [7, 11) is 2.16. The maximum Gasteiger partial charge on any atom is 0.161 e. The lowest BCUT2D eigenvalue weighted by Crippen LogP contribution is -2.46. The molecule has 1 aromatic rings. The van der Waals surface area contributed by atoms with Gasteiger partial charge in [-0.1, -0.05) is 6.07 Å². The molecule has 1 aliphatic heterocycles. The highest BCUT2D eigenvalue weighted by atomic mass is 32.2. The van der Waals surface area contributed by atoms with Gasteiger partial charge in [-0.2, -0.15) is 11.8 Å². The lowest BCUT2D eigenvalue weighted by molar-refractivity contribution is 0.236. The predicted octanol–water partition coefficient (Wildman–Crippen LogP) is 2.53. The van der Waals surface area contributed by atoms with Gasteiger partial charge in [0.1, 0.15) is 0 Å². The molecule has 2 rings (SSSR count). The van der Waals surface area contributed by atoms with E-state index in [0.29, 0.717) is 19.3 Å². The van der Waals surface area contributed by atoms with Gasteiger partial charge in [-0.25, -0.2) is 0 Å². The highest BCUT2D eigenvalue weighted by Gasteiger charge is 2.27. The van der Waals surface area contributed by atoms with Crippen molar-refractivity contribution >= 4 is 11.8 Å². The minimum absolute atomic E-state index is 0.00215. The molecule has 0 amide bonds. The lowest BCUT2D eigenvalue weighted by atomic mass is 9.99. The standard InChI is InChI=1S/C16H26N2O2S/c1-4-19-14-7-6-12(10-15(14)20-5-2)16(17)13-11-21-9-8-18(13)3/h6-7,10,13,16H,4-5,8-9,11,17H2,1-3H3. The monoisotopic (exact) mass is 310 g/mol. The van der Waals surface area contributed by atoms with Crippen molar-refractivity contribution in [3.05, 3.63) is 23.8 Å². The van der Waals surface area contributed by atoms with Gasteiger partial charge in [-0.3, -0.25) is 4.90 Å². The van der Waals surface area contributed by atoms with Gasteiger partial charge < -0.3 is 15.2 Å². The van der Waals surface area contributed by atoms with E-state index in [1.807, 2.05) is 37.7 Å². The molecule has 1 fully saturated rings. The van der Waals surface area contributed by atoms with Crippen LogP contribution in [0.1, 0.15) is 25.5 Å². The van der Waals surface area contributed by atoms with Crippen molar-refractivity contribution in [2.45, 2.75) is 25.9 Å². The van der Waals surface area contributed by atoms with Crippen LogP contribution < -0.4 is 15.2 Å². The molecule has 0 radical (unpaired) electrons. The number of likely N-dealkylation sites (N-methyl/N-ethyl adjacent to an activating group) is 1. The predicted molar refractivity (Wildman–Crippen MR) is 89.5 cm³/mol. The molecule has 4 nitrogen and oxygen atoms in total. The van der Waals surface area contributed by atoms with Gasteiger partial charge in [0.25, 0.3) is 0 Å². The summed E-state index contributed by atoms with van der Waals surface area (Å²) in [6.07, 6.45) is 0. The first-order valence-corrected chi connectivity index (χ1v) is 8.76. The molecule has 2 unspecified atom stereocenters. The number of ether oxygens (including phenoxy) is 2. The number of benzene rings is 1. The van der Waals surface area contributed by atoms with Crippen molar-refractivity contribution < 1.29 is 9.47 Å². The van der Waals surface area contributed by atoms with Crippen molar-refractivity contribution in [3.8, 4) is 11.5 Å². The Hall–Kier alpha value is -0.910. The summed E-state index contributed by atoms with van der Waals surface area (Å²) in [6.45, 7) is 6.31. The third-order valence-corrected chi connectivity index (χ3v) is 4.86. The molecule has 21 heavy (non-hydrogen) atoms. The van der Waals surface area contributed by atoms with E-state index >= 15 is 0 Å². The highest BCUT2D eigenvalue weighted by Crippen LogP contribution is 2.33. The van der Waals surface area contributed by atoms with Crippen LogP contribution in [0.2, 0.25) is 0 Å². The Morgan fingerprint density at radius 1 is 1.29 bits per heavy atom. The van der Waals surface area contributed by atoms with E-state index in [9.17, 15) is 0 Å². The first-order chi connectivity index (χ1) is 10.2. The maximum atomic E-state index is 6.50. The Balaban J connectivity index is 2.20. The zero-order valence-corrected chi connectivity index (χ0v) is 14.0. The summed E-state index contributed by atoms with van der Waals surface area (Å²) < 4.78 is 11.3. The van der Waals surface area contributed by atoms with Crippen LogP contribution >= 0.6 is 11.8 Å². The number of thioether (sulfide) groups is 1. The minimum atomic E-state index is -0.00215. The van der Waals surface area contributed by atoms with Crippen molar-refractivity contribution in [3.63, 3.8) is 0 Å². The highest BCUT2D eigenvalue weighted by molar-refractivity contribution is 7.99. The normalized spacial score (nSPS) is 21.0. The zero-order valence-electron chi connectivity index (χ0n) is 13.2. The molecule has 5 heteroatoms. The quantitative estimate of drug-likeness (QED) is 0.875. The van der Waals surface area contributed by atoms with Crippen LogP contribution in [0.25, 0.3) is 0 Å². The Labute approximate surface area is 132 Å². The smallest absolute Gasteiger partial charge is 0.161 e. The minimum Gasteiger partial charge on any atom is -0.490 e. The number of nitrogens with zero attached hydrogens (tertiary/aromatic N) is 1. The largest absolute Gasteiger partial charge is 0.490 e. The molecule has 118 valence electrons. The van der Waals surface area contributed by atoms with E-state index in [1.165, 1.54) is 5.75 Å². The van der Waals surface area contributed by atoms with E-state index in [1.54, 1.807) is 0 Å². The number of rotatable bonds is 6. The fourth-order valence-electron chi connectivity index (χ4n) is 2.58. The second kappa shape index (κ2) is 7.92. The van der Waals surface area contributed by atoms with Gasteiger partial charge in [0.15, 0.2) is 11.5 Å². The van der Waals surface area contributed by atoms with Gasteiger partial charge in [0.05, 0.1) is 13.2 Å². The Morgan fingerprint density at radius 2 is 2.00 bits per heavy atom. The van der Waals surface area contributed by atoms with Crippen LogP contribution in [-0.4, -0.2) is 49.3 Å². The summed E-state index contributed by atoms with van der Waals surface area (Å²) >= 11 is 1.98. The van der Waals surface area contributed by atoms with Gasteiger partial charge in [0.2, 0.25) is 0 Å². The average molecular weight is 310 g/mol. The fourth-order valence-corrected chi connectivity index (χ4v) is 3.87. The van der Waals surface area contributed by atoms with Gasteiger partial charge in [-0.15, -0.1) is 0 Å². The van der Waals surface area contributed by atoms with Crippen molar-refractivity contribution in [2.75, 3.05) is 38.3 Å². The third kappa shape index (κ3) is 4.05. The molecule has 0 aliphatic carbocycles. The van der Waals surface area contributed by atoms with Gasteiger partial charge >= 0.3 is 0 Å². The van der Waals surface area contributed by atoms with Crippen LogP contribution in [0.15, 0.2) is 18.2 Å². The van der Waals surface area contributed by atoms with E-state index in [-0.39, 0.29) is 6.04 Å². The molecular weight excluding hydrogens is 284 g/mol. The Bertz CT molecular complexity index is 456. The molecule has 2 atom stereocenters. The first kappa shape index (κ1) is 16.5. The van der Waals surface area contributed by atoms with Crippen LogP contribution in [0.4, 0.5) is 0 Å². The van der Waals surface area contributed by atoms with E-state index < -0.39 is 0 Å². The molecule has 0 saturated carbocycles. The zero-order chi connectivity index (χ0) is 15.2. The second-order valence-electron chi connectivity index (χ2n) is 5.22. The van der Waals surface area contributed by atoms with Crippen molar-refractivity contribution in [2.24, 2.45) is 5.73 Å². The lowest BCUT2D eigenvalue weighted by Gasteiger charge is -2.36. The summed E-state index contributed by atoms with van der Waals surface area (Å²) in [5.41, 5.74) is 7.61. The number of hydrogen-bond donors (Lipinski definition) is 1. The SMILES string of the molecule is CCOc1ccc(C(N)C2CSCCN2C)cc1OCC. The molecule has 0 spiro atoms. The summed E-state index contributed by atoms with van der Waals surface area (Å²) in [5.74, 6) is 3.85. The topological polar surface area (TPSA) is 47.7 Å². The summed E-state index contributed by atoms with van der Waals surface area (Å²) in [6, 6.07) is 6.44. The van der Waals surface area contributed by atoms with Gasteiger partial charge in [-0.05, 0) is 38.6 Å². The molecular formula is C16H26N2O2S. The number of hydrogen-bond acceptors (Lipinski definition) is 5. The first-order valence-electron chi connectivity index (χ1n) is 7.60. The van der Waals surface area contributed by atoms with Crippen LogP contribution in [0.3, 0.4) is 0 Å². The van der Waals surface area contributed by atoms with Crippen LogP contribution in [0, 0.1) is 0 Å². The molecule has 2 N–H and O–H groups in total. The summed E-state index contributed by atoms with van der Waals surface area (Å²) in [5, 5.41) is 0. The van der Waals surface area contributed by atoms with E-state index in [4.69, 9.17) is 15.2 Å². The summed E-state index contributed by atoms with van der Waals surface area (Å²) in [4.78, 5) is 2.36. The fraction of sp³-hybridized carbons (Fsp3) is 0.625. The van der Waals surface area contributed by atoms with Crippen molar-refractivity contribution in [1.29, 1.82) is 0 Å². The van der Waals surface area contributed by atoms with Gasteiger partial charge in [0, 0.05) is 30.1 Å². The second-order valence-corrected chi connectivity index (χ2v) is 6.37. The molecule has 0 aromatic heterocycles.